The number of rotatable bonds is 4. The van der Waals surface area contributed by atoms with Gasteiger partial charge in [-0.1, -0.05) is 6.07 Å². The molecule has 0 aliphatic carbocycles. The van der Waals surface area contributed by atoms with E-state index in [9.17, 15) is 22.8 Å². The second-order valence-electron chi connectivity index (χ2n) is 4.72. The summed E-state index contributed by atoms with van der Waals surface area (Å²) >= 11 is 0. The van der Waals surface area contributed by atoms with Crippen LogP contribution in [-0.4, -0.2) is 47.7 Å². The third-order valence-electron chi connectivity index (χ3n) is 2.99. The first kappa shape index (κ1) is 16.7. The van der Waals surface area contributed by atoms with E-state index in [0.29, 0.717) is 0 Å². The molecule has 1 atom stereocenters. The first-order valence-corrected chi connectivity index (χ1v) is 7.65. The normalized spacial score (nSPS) is 20.8. The molecule has 3 N–H and O–H groups in total. The third-order valence-corrected chi connectivity index (χ3v) is 3.84. The van der Waals surface area contributed by atoms with Crippen molar-refractivity contribution in [3.8, 4) is 11.5 Å². The van der Waals surface area contributed by atoms with Crippen LogP contribution in [-0.2, 0) is 24.7 Å². The van der Waals surface area contributed by atoms with Crippen LogP contribution in [0.15, 0.2) is 24.3 Å². The molecule has 1 unspecified atom stereocenters. The molecular weight excluding hydrogens is 330 g/mol. The van der Waals surface area contributed by atoms with E-state index in [1.165, 1.54) is 0 Å². The maximum atomic E-state index is 11.4. The van der Waals surface area contributed by atoms with Crippen LogP contribution < -0.4 is 15.4 Å². The number of hydrogen-bond acceptors (Lipinski definition) is 6. The fourth-order valence-electron chi connectivity index (χ4n) is 1.98. The Morgan fingerprint density at radius 2 is 2.00 bits per heavy atom. The lowest BCUT2D eigenvalue weighted by Crippen LogP contribution is -2.80. The van der Waals surface area contributed by atoms with Crippen molar-refractivity contribution in [1.82, 2.24) is 14.9 Å². The number of carbonyl (C=O) groups excluding carboxylic acids is 3. The van der Waals surface area contributed by atoms with Crippen molar-refractivity contribution in [3.05, 3.63) is 24.3 Å². The van der Waals surface area contributed by atoms with Gasteiger partial charge < -0.3 is 15.4 Å². The summed E-state index contributed by atoms with van der Waals surface area (Å²) in [5.41, 5.74) is -1.79. The number of β-lactam (4-membered cyclic amide) rings is 1. The number of amides is 3. The zero-order chi connectivity index (χ0) is 17.3. The van der Waals surface area contributed by atoms with Gasteiger partial charge in [0.25, 0.3) is 5.91 Å². The Kier molecular flexibility index (Phi) is 4.25. The molecule has 0 spiro atoms. The molecule has 11 heteroatoms. The Morgan fingerprint density at radius 3 is 2.26 bits per heavy atom. The SMILES string of the molecule is CC(=O)NC1(NC=O)CN(S(=O)(=O)O)C1=O.c1cc2cc(c1)O2. The van der Waals surface area contributed by atoms with Crippen molar-refractivity contribution in [2.75, 3.05) is 6.54 Å². The van der Waals surface area contributed by atoms with Crippen LogP contribution in [0.4, 0.5) is 0 Å². The molecule has 1 saturated heterocycles. The van der Waals surface area contributed by atoms with Gasteiger partial charge in [-0.15, -0.1) is 0 Å². The van der Waals surface area contributed by atoms with E-state index in [4.69, 9.17) is 9.29 Å². The number of benzene rings is 1. The molecule has 4 rings (SSSR count). The van der Waals surface area contributed by atoms with E-state index < -0.39 is 34.3 Å². The minimum atomic E-state index is -4.66. The molecule has 1 aromatic carbocycles. The van der Waals surface area contributed by atoms with Gasteiger partial charge >= 0.3 is 10.3 Å². The van der Waals surface area contributed by atoms with Crippen molar-refractivity contribution >= 4 is 28.5 Å². The minimum Gasteiger partial charge on any atom is -0.457 e. The van der Waals surface area contributed by atoms with Crippen molar-refractivity contribution in [1.29, 1.82) is 0 Å². The van der Waals surface area contributed by atoms with E-state index in [2.05, 4.69) is 5.32 Å². The highest BCUT2D eigenvalue weighted by atomic mass is 32.2. The topological polar surface area (TPSA) is 142 Å². The Labute approximate surface area is 131 Å². The Hall–Kier alpha value is -2.66. The molecule has 0 saturated carbocycles. The summed E-state index contributed by atoms with van der Waals surface area (Å²) in [4.78, 5) is 32.4. The number of ether oxygens (including phenoxy) is 1. The number of nitrogens with zero attached hydrogens (tertiary/aromatic N) is 1. The lowest BCUT2D eigenvalue weighted by molar-refractivity contribution is -0.152. The first-order chi connectivity index (χ1) is 10.7. The molecule has 124 valence electrons. The van der Waals surface area contributed by atoms with Crippen LogP contribution in [0.25, 0.3) is 0 Å². The predicted octanol–water partition coefficient (Wildman–Crippen LogP) is -0.998. The molecule has 3 heterocycles. The van der Waals surface area contributed by atoms with Gasteiger partial charge in [0.15, 0.2) is 0 Å². The van der Waals surface area contributed by atoms with Crippen molar-refractivity contribution in [3.63, 3.8) is 0 Å². The van der Waals surface area contributed by atoms with Gasteiger partial charge in [-0.25, -0.2) is 4.31 Å². The maximum Gasteiger partial charge on any atom is 0.362 e. The smallest absolute Gasteiger partial charge is 0.362 e. The average Bonchev–Trinajstić information content (AvgIpc) is 2.43. The van der Waals surface area contributed by atoms with Crippen LogP contribution in [0.1, 0.15) is 6.92 Å². The van der Waals surface area contributed by atoms with E-state index in [1.54, 1.807) is 0 Å². The summed E-state index contributed by atoms with van der Waals surface area (Å²) < 4.78 is 35.0. The summed E-state index contributed by atoms with van der Waals surface area (Å²) in [5, 5.41) is 4.10. The number of nitrogens with one attached hydrogen (secondary N) is 2. The van der Waals surface area contributed by atoms with E-state index in [0.717, 1.165) is 18.4 Å². The summed E-state index contributed by atoms with van der Waals surface area (Å²) in [6.45, 7) is 0.542. The zero-order valence-electron chi connectivity index (χ0n) is 11.8. The molecule has 1 aromatic rings. The third kappa shape index (κ3) is 3.40. The van der Waals surface area contributed by atoms with Gasteiger partial charge in [-0.2, -0.15) is 8.42 Å². The van der Waals surface area contributed by atoms with Gasteiger partial charge in [-0.3, -0.25) is 18.9 Å². The number of fused-ring (bicyclic) bond motifs is 2. The van der Waals surface area contributed by atoms with Crippen LogP contribution in [0.2, 0.25) is 0 Å². The minimum absolute atomic E-state index is 0.124. The van der Waals surface area contributed by atoms with Gasteiger partial charge in [0, 0.05) is 13.0 Å². The molecule has 23 heavy (non-hydrogen) atoms. The van der Waals surface area contributed by atoms with Crippen LogP contribution >= 0.6 is 0 Å². The summed E-state index contributed by atoms with van der Waals surface area (Å²) in [5.74, 6) is 0.213. The predicted molar refractivity (Wildman–Crippen MR) is 75.5 cm³/mol. The Bertz CT molecular complexity index is 739. The largest absolute Gasteiger partial charge is 0.457 e. The molecular formula is C12H13N3O7S. The Balaban J connectivity index is 0.000000223. The number of hydrogen-bond donors (Lipinski definition) is 3. The highest BCUT2D eigenvalue weighted by Gasteiger charge is 2.57. The molecule has 1 fully saturated rings. The second-order valence-corrected chi connectivity index (χ2v) is 6.05. The monoisotopic (exact) mass is 343 g/mol. The van der Waals surface area contributed by atoms with Crippen LogP contribution in [0.3, 0.4) is 0 Å². The van der Waals surface area contributed by atoms with E-state index in [-0.39, 0.29) is 10.7 Å². The molecule has 3 amide bonds. The van der Waals surface area contributed by atoms with E-state index in [1.807, 2.05) is 29.6 Å². The fraction of sp³-hybridized carbons (Fsp3) is 0.250. The molecule has 10 nitrogen and oxygen atoms in total. The standard InChI is InChI=1S/C6H9N3O6S.C6H4O/c1-4(11)8-6(7-3-10)2-9(5(6)12)16(13,14)15;1-2-5-4-6(3-1)7-5/h3H,2H2,1H3,(H,7,10)(H,8,11)(H,13,14,15);1-4H. The summed E-state index contributed by atoms with van der Waals surface area (Å²) in [6, 6.07) is 7.86. The lowest BCUT2D eigenvalue weighted by atomic mass is 10.0. The highest BCUT2D eigenvalue weighted by molar-refractivity contribution is 7.84. The highest BCUT2D eigenvalue weighted by Crippen LogP contribution is 2.32. The van der Waals surface area contributed by atoms with Crippen LogP contribution in [0, 0.1) is 0 Å². The van der Waals surface area contributed by atoms with Crippen molar-refractivity contribution in [2.45, 2.75) is 12.6 Å². The molecule has 2 bridgehead atoms. The second kappa shape index (κ2) is 5.85. The average molecular weight is 343 g/mol. The molecule has 0 aromatic heterocycles. The van der Waals surface area contributed by atoms with Crippen molar-refractivity contribution in [2.24, 2.45) is 0 Å². The first-order valence-electron chi connectivity index (χ1n) is 6.25. The van der Waals surface area contributed by atoms with Crippen molar-refractivity contribution < 1.29 is 32.1 Å². The Morgan fingerprint density at radius 1 is 1.43 bits per heavy atom. The van der Waals surface area contributed by atoms with E-state index >= 15 is 0 Å². The van der Waals surface area contributed by atoms with Gasteiger partial charge in [0.05, 0.1) is 6.54 Å². The van der Waals surface area contributed by atoms with Gasteiger partial charge in [0.1, 0.15) is 11.5 Å². The molecule has 3 aliphatic rings. The molecule has 3 aliphatic heterocycles. The lowest BCUT2D eigenvalue weighted by Gasteiger charge is -2.45. The maximum absolute atomic E-state index is 11.4. The van der Waals surface area contributed by atoms with Gasteiger partial charge in [0.2, 0.25) is 18.0 Å². The zero-order valence-corrected chi connectivity index (χ0v) is 12.7. The quantitative estimate of drug-likeness (QED) is 0.280. The molecule has 0 radical (unpaired) electrons. The van der Waals surface area contributed by atoms with Gasteiger partial charge in [-0.05, 0) is 12.1 Å². The van der Waals surface area contributed by atoms with Crippen LogP contribution in [0.5, 0.6) is 11.5 Å². The number of carbonyl (C=O) groups is 3. The fourth-order valence-corrected chi connectivity index (χ4v) is 2.70. The summed E-state index contributed by atoms with van der Waals surface area (Å²) in [7, 11) is -4.66. The summed E-state index contributed by atoms with van der Waals surface area (Å²) in [6.07, 6.45) is 0.148.